The number of rotatable bonds is 4. The summed E-state index contributed by atoms with van der Waals surface area (Å²) in [6.07, 6.45) is 0. The zero-order valence-electron chi connectivity index (χ0n) is 14.0. The van der Waals surface area contributed by atoms with E-state index in [4.69, 9.17) is 4.74 Å². The summed E-state index contributed by atoms with van der Waals surface area (Å²) in [6.45, 7) is 0.138. The second-order valence-electron chi connectivity index (χ2n) is 5.82. The number of aromatic nitrogens is 2. The molecule has 7 heteroatoms. The van der Waals surface area contributed by atoms with Crippen molar-refractivity contribution in [3.05, 3.63) is 98.0 Å². The van der Waals surface area contributed by atoms with Crippen molar-refractivity contribution in [1.29, 1.82) is 0 Å². The van der Waals surface area contributed by atoms with Gasteiger partial charge in [-0.1, -0.05) is 48.5 Å². The fraction of sp³-hybridized carbons (Fsp3) is 0.0500. The maximum atomic E-state index is 12.8. The van der Waals surface area contributed by atoms with E-state index in [0.717, 1.165) is 21.5 Å². The Morgan fingerprint density at radius 1 is 1.00 bits per heavy atom. The molecule has 0 fully saturated rings. The summed E-state index contributed by atoms with van der Waals surface area (Å²) in [6, 6.07) is 19.4. The van der Waals surface area contributed by atoms with Crippen LogP contribution >= 0.6 is 11.3 Å². The molecular weight excluding hydrogens is 364 g/mol. The topological polar surface area (TPSA) is 81.2 Å². The summed E-state index contributed by atoms with van der Waals surface area (Å²) < 4.78 is 6.35. The fourth-order valence-corrected chi connectivity index (χ4v) is 3.65. The van der Waals surface area contributed by atoms with Gasteiger partial charge in [0.05, 0.1) is 11.1 Å². The highest BCUT2D eigenvalue weighted by Gasteiger charge is 2.17. The molecule has 2 aromatic heterocycles. The summed E-state index contributed by atoms with van der Waals surface area (Å²) in [5.41, 5.74) is 0.305. The van der Waals surface area contributed by atoms with Crippen molar-refractivity contribution in [3.63, 3.8) is 0 Å². The Balaban J connectivity index is 1.68. The van der Waals surface area contributed by atoms with Crippen LogP contribution in [-0.2, 0) is 11.3 Å². The number of fused-ring (bicyclic) bond motifs is 1. The van der Waals surface area contributed by atoms with Crippen LogP contribution in [0.25, 0.3) is 15.9 Å². The van der Waals surface area contributed by atoms with Gasteiger partial charge in [-0.05, 0) is 23.8 Å². The van der Waals surface area contributed by atoms with E-state index >= 15 is 0 Å². The van der Waals surface area contributed by atoms with Crippen LogP contribution in [0.2, 0.25) is 0 Å². The monoisotopic (exact) mass is 378 g/mol. The van der Waals surface area contributed by atoms with Crippen molar-refractivity contribution in [2.45, 2.75) is 6.61 Å². The third-order valence-electron chi connectivity index (χ3n) is 4.02. The predicted molar refractivity (Wildman–Crippen MR) is 104 cm³/mol. The van der Waals surface area contributed by atoms with Gasteiger partial charge in [0.1, 0.15) is 16.3 Å². The van der Waals surface area contributed by atoms with Gasteiger partial charge < -0.3 is 4.74 Å². The lowest BCUT2D eigenvalue weighted by Crippen LogP contribution is -2.32. The first-order chi connectivity index (χ1) is 13.1. The van der Waals surface area contributed by atoms with Crippen LogP contribution in [0.5, 0.6) is 0 Å². The lowest BCUT2D eigenvalue weighted by atomic mass is 10.2. The zero-order valence-corrected chi connectivity index (χ0v) is 14.9. The number of nitrogens with one attached hydrogen (secondary N) is 1. The normalized spacial score (nSPS) is 10.8. The maximum Gasteiger partial charge on any atom is 0.348 e. The van der Waals surface area contributed by atoms with Gasteiger partial charge in [-0.15, -0.1) is 11.3 Å². The van der Waals surface area contributed by atoms with Crippen molar-refractivity contribution in [1.82, 2.24) is 9.55 Å². The van der Waals surface area contributed by atoms with Crippen LogP contribution in [0.15, 0.2) is 76.3 Å². The largest absolute Gasteiger partial charge is 0.457 e. The summed E-state index contributed by atoms with van der Waals surface area (Å²) in [5.74, 6) is -0.536. The average molecular weight is 378 g/mol. The number of aromatic amines is 1. The fourth-order valence-electron chi connectivity index (χ4n) is 2.71. The number of H-pyrrole nitrogens is 1. The summed E-state index contributed by atoms with van der Waals surface area (Å²) in [4.78, 5) is 40.7. The van der Waals surface area contributed by atoms with E-state index in [1.807, 2.05) is 30.3 Å². The maximum absolute atomic E-state index is 12.8. The third-order valence-corrected chi connectivity index (χ3v) is 5.05. The molecule has 0 saturated heterocycles. The minimum Gasteiger partial charge on any atom is -0.457 e. The minimum atomic E-state index is -0.551. The molecular formula is C20H14N2O4S. The first-order valence-corrected chi connectivity index (χ1v) is 9.00. The molecule has 0 radical (unpaired) electrons. The number of hydrogen-bond acceptors (Lipinski definition) is 5. The van der Waals surface area contributed by atoms with Gasteiger partial charge in [0, 0.05) is 0 Å². The molecule has 0 bridgehead atoms. The number of hydrogen-bond donors (Lipinski definition) is 1. The molecule has 4 aromatic rings. The zero-order chi connectivity index (χ0) is 18.8. The van der Waals surface area contributed by atoms with Gasteiger partial charge in [0.15, 0.2) is 0 Å². The molecule has 134 valence electrons. The number of benzene rings is 2. The van der Waals surface area contributed by atoms with E-state index in [2.05, 4.69) is 4.98 Å². The molecule has 4 rings (SSSR count). The smallest absolute Gasteiger partial charge is 0.348 e. The predicted octanol–water partition coefficient (Wildman–Crippen LogP) is 3.10. The van der Waals surface area contributed by atoms with Crippen LogP contribution in [0.4, 0.5) is 0 Å². The molecule has 6 nitrogen and oxygen atoms in total. The summed E-state index contributed by atoms with van der Waals surface area (Å²) in [7, 11) is 0. The second-order valence-corrected chi connectivity index (χ2v) is 6.87. The van der Waals surface area contributed by atoms with Gasteiger partial charge >= 0.3 is 11.7 Å². The van der Waals surface area contributed by atoms with Gasteiger partial charge in [0.2, 0.25) is 0 Å². The number of carbonyl (C=O) groups is 1. The summed E-state index contributed by atoms with van der Waals surface area (Å²) >= 11 is 1.03. The molecule has 2 heterocycles. The Hall–Kier alpha value is -3.45. The number of esters is 1. The van der Waals surface area contributed by atoms with Crippen LogP contribution in [0.1, 0.15) is 15.2 Å². The Bertz CT molecular complexity index is 1220. The van der Waals surface area contributed by atoms with Crippen molar-refractivity contribution in [3.8, 4) is 5.69 Å². The van der Waals surface area contributed by atoms with E-state index in [-0.39, 0.29) is 16.9 Å². The molecule has 0 amide bonds. The molecule has 27 heavy (non-hydrogen) atoms. The molecule has 1 N–H and O–H groups in total. The lowest BCUT2D eigenvalue weighted by molar-refractivity contribution is 0.0478. The van der Waals surface area contributed by atoms with E-state index in [1.54, 1.807) is 30.3 Å². The first-order valence-electron chi connectivity index (χ1n) is 8.19. The molecule has 0 aliphatic carbocycles. The van der Waals surface area contributed by atoms with Crippen molar-refractivity contribution >= 4 is 27.5 Å². The van der Waals surface area contributed by atoms with Crippen LogP contribution < -0.4 is 11.2 Å². The van der Waals surface area contributed by atoms with Crippen LogP contribution in [0, 0.1) is 0 Å². The highest BCUT2D eigenvalue weighted by atomic mass is 32.1. The van der Waals surface area contributed by atoms with Crippen molar-refractivity contribution < 1.29 is 9.53 Å². The Labute approximate surface area is 157 Å². The first kappa shape index (κ1) is 17.0. The second kappa shape index (κ2) is 7.05. The molecule has 2 aromatic carbocycles. The van der Waals surface area contributed by atoms with E-state index in [1.165, 1.54) is 6.07 Å². The standard InChI is InChI=1S/C20H14N2O4S/c23-18-15-11-16(19(24)26-12-13-7-3-1-4-8-13)27-17(15)21-20(25)22(18)14-9-5-2-6-10-14/h1-11H,12H2,(H,21,25). The van der Waals surface area contributed by atoms with Crippen molar-refractivity contribution in [2.24, 2.45) is 0 Å². The van der Waals surface area contributed by atoms with Gasteiger partial charge in [0.25, 0.3) is 5.56 Å². The minimum absolute atomic E-state index is 0.138. The van der Waals surface area contributed by atoms with Crippen LogP contribution in [0.3, 0.4) is 0 Å². The number of carbonyl (C=O) groups excluding carboxylic acids is 1. The Kier molecular flexibility index (Phi) is 4.43. The SMILES string of the molecule is O=C(OCc1ccccc1)c1cc2c(=O)n(-c3ccccc3)c(=O)[nH]c2s1. The molecule has 0 unspecified atom stereocenters. The lowest BCUT2D eigenvalue weighted by Gasteiger charge is -2.03. The van der Waals surface area contributed by atoms with Gasteiger partial charge in [-0.3, -0.25) is 9.78 Å². The molecule has 0 spiro atoms. The van der Waals surface area contributed by atoms with Crippen molar-refractivity contribution in [2.75, 3.05) is 0 Å². The number of thiophene rings is 1. The summed E-state index contributed by atoms with van der Waals surface area (Å²) in [5, 5.41) is 0.273. The van der Waals surface area contributed by atoms with Gasteiger partial charge in [-0.2, -0.15) is 0 Å². The van der Waals surface area contributed by atoms with Gasteiger partial charge in [-0.25, -0.2) is 14.2 Å². The van der Waals surface area contributed by atoms with E-state index < -0.39 is 17.2 Å². The molecule has 0 aliphatic rings. The number of ether oxygens (including phenoxy) is 1. The molecule has 0 saturated carbocycles. The number of para-hydroxylation sites is 1. The third kappa shape index (κ3) is 3.32. The van der Waals surface area contributed by atoms with Crippen LogP contribution in [-0.4, -0.2) is 15.5 Å². The Morgan fingerprint density at radius 3 is 2.37 bits per heavy atom. The molecule has 0 aliphatic heterocycles. The number of nitrogens with zero attached hydrogens (tertiary/aromatic N) is 1. The average Bonchev–Trinajstić information content (AvgIpc) is 3.12. The van der Waals surface area contributed by atoms with E-state index in [9.17, 15) is 14.4 Å². The Morgan fingerprint density at radius 2 is 1.67 bits per heavy atom. The highest BCUT2D eigenvalue weighted by molar-refractivity contribution is 7.20. The highest BCUT2D eigenvalue weighted by Crippen LogP contribution is 2.22. The quantitative estimate of drug-likeness (QED) is 0.553. The van der Waals surface area contributed by atoms with E-state index in [0.29, 0.717) is 10.5 Å². The molecule has 0 atom stereocenters.